The summed E-state index contributed by atoms with van der Waals surface area (Å²) >= 11 is 0. The first kappa shape index (κ1) is 18.8. The number of pyridine rings is 1. The van der Waals surface area contributed by atoms with Gasteiger partial charge in [0.15, 0.2) is 0 Å². The minimum atomic E-state index is -0.309. The molecular weight excluding hydrogens is 346 g/mol. The summed E-state index contributed by atoms with van der Waals surface area (Å²) in [6.45, 7) is 3.58. The molecule has 2 aromatic heterocycles. The molecule has 1 aliphatic rings. The van der Waals surface area contributed by atoms with Gasteiger partial charge in [0, 0.05) is 44.8 Å². The highest BCUT2D eigenvalue weighted by Crippen LogP contribution is 2.21. The summed E-state index contributed by atoms with van der Waals surface area (Å²) in [5, 5.41) is 5.88. The van der Waals surface area contributed by atoms with Crippen molar-refractivity contribution in [2.75, 3.05) is 18.8 Å². The topological polar surface area (TPSA) is 118 Å². The van der Waals surface area contributed by atoms with Crippen molar-refractivity contribution in [3.63, 3.8) is 0 Å². The summed E-state index contributed by atoms with van der Waals surface area (Å²) in [5.74, 6) is 0.988. The van der Waals surface area contributed by atoms with Crippen molar-refractivity contribution in [2.45, 2.75) is 32.0 Å². The Morgan fingerprint density at radius 1 is 1.33 bits per heavy atom. The van der Waals surface area contributed by atoms with Gasteiger partial charge in [0.05, 0.1) is 18.2 Å². The van der Waals surface area contributed by atoms with Crippen LogP contribution in [-0.2, 0) is 18.4 Å². The Morgan fingerprint density at radius 3 is 2.78 bits per heavy atom. The zero-order valence-corrected chi connectivity index (χ0v) is 15.6. The average molecular weight is 371 g/mol. The van der Waals surface area contributed by atoms with E-state index < -0.39 is 0 Å². The molecule has 1 aliphatic heterocycles. The van der Waals surface area contributed by atoms with Crippen LogP contribution in [0.2, 0.25) is 0 Å². The van der Waals surface area contributed by atoms with Crippen molar-refractivity contribution in [3.8, 4) is 0 Å². The number of hydrogen-bond acceptors (Lipinski definition) is 6. The Balaban J connectivity index is 1.69. The van der Waals surface area contributed by atoms with E-state index in [1.54, 1.807) is 18.3 Å². The van der Waals surface area contributed by atoms with Crippen molar-refractivity contribution in [1.29, 1.82) is 0 Å². The van der Waals surface area contributed by atoms with Gasteiger partial charge in [-0.1, -0.05) is 0 Å². The second kappa shape index (κ2) is 8.17. The highest BCUT2D eigenvalue weighted by atomic mass is 16.2. The molecule has 0 saturated carbocycles. The Bertz CT molecular complexity index is 802. The van der Waals surface area contributed by atoms with Crippen LogP contribution in [0.4, 0.5) is 5.82 Å². The van der Waals surface area contributed by atoms with E-state index >= 15 is 0 Å². The summed E-state index contributed by atoms with van der Waals surface area (Å²) in [6, 6.07) is 2.79. The number of likely N-dealkylation sites (N-methyl/N-ethyl adjacent to an activating group) is 1. The lowest BCUT2D eigenvalue weighted by atomic mass is 10.1. The Kier molecular flexibility index (Phi) is 5.70. The predicted molar refractivity (Wildman–Crippen MR) is 101 cm³/mol. The fraction of sp³-hybridized carbons (Fsp3) is 0.444. The third kappa shape index (κ3) is 4.43. The normalized spacial score (nSPS) is 19.8. The molecule has 2 aromatic rings. The average Bonchev–Trinajstić information content (AvgIpc) is 3.22. The summed E-state index contributed by atoms with van der Waals surface area (Å²) in [7, 11) is 1.92. The van der Waals surface area contributed by atoms with Crippen LogP contribution in [0.5, 0.6) is 0 Å². The van der Waals surface area contributed by atoms with Crippen molar-refractivity contribution < 1.29 is 9.59 Å². The van der Waals surface area contributed by atoms with Gasteiger partial charge in [-0.3, -0.25) is 14.5 Å². The third-order valence-corrected chi connectivity index (χ3v) is 4.71. The maximum atomic E-state index is 12.5. The van der Waals surface area contributed by atoms with E-state index in [4.69, 9.17) is 5.73 Å². The summed E-state index contributed by atoms with van der Waals surface area (Å²) in [5.41, 5.74) is 6.01. The summed E-state index contributed by atoms with van der Waals surface area (Å²) < 4.78 is 1.93. The number of rotatable bonds is 6. The van der Waals surface area contributed by atoms with Crippen LogP contribution in [-0.4, -0.2) is 56.4 Å². The van der Waals surface area contributed by atoms with E-state index in [0.717, 1.165) is 5.82 Å². The fourth-order valence-corrected chi connectivity index (χ4v) is 3.29. The molecule has 0 radical (unpaired) electrons. The third-order valence-electron chi connectivity index (χ3n) is 4.71. The standard InChI is InChI=1S/C18H25N7O2/c1-3-20-18(27)14-8-13(10-25(14)11-16-21-6-7-24(16)2)23-17(26)12-4-5-15(19)22-9-12/h4-7,9,13-14H,3,8,10-11H2,1-2H3,(H2,19,22)(H,20,27)(H,23,26)/t13-,14-/m0/s1. The number of aryl methyl sites for hydroxylation is 1. The van der Waals surface area contributed by atoms with Crippen molar-refractivity contribution in [1.82, 2.24) is 30.1 Å². The quantitative estimate of drug-likeness (QED) is 0.653. The molecule has 144 valence electrons. The van der Waals surface area contributed by atoms with Gasteiger partial charge in [0.1, 0.15) is 11.6 Å². The number of carbonyl (C=O) groups excluding carboxylic acids is 2. The van der Waals surface area contributed by atoms with Crippen molar-refractivity contribution >= 4 is 17.6 Å². The highest BCUT2D eigenvalue weighted by molar-refractivity contribution is 5.94. The lowest BCUT2D eigenvalue weighted by molar-refractivity contribution is -0.125. The van der Waals surface area contributed by atoms with Crippen LogP contribution in [0.3, 0.4) is 0 Å². The Morgan fingerprint density at radius 2 is 2.15 bits per heavy atom. The van der Waals surface area contributed by atoms with Gasteiger partial charge < -0.3 is 20.9 Å². The molecule has 0 aromatic carbocycles. The molecule has 9 heteroatoms. The number of aromatic nitrogens is 3. The first-order chi connectivity index (χ1) is 13.0. The van der Waals surface area contributed by atoms with Gasteiger partial charge in [-0.25, -0.2) is 9.97 Å². The minimum Gasteiger partial charge on any atom is -0.384 e. The second-order valence-corrected chi connectivity index (χ2v) is 6.67. The summed E-state index contributed by atoms with van der Waals surface area (Å²) in [4.78, 5) is 35.3. The van der Waals surface area contributed by atoms with Crippen LogP contribution >= 0.6 is 0 Å². The van der Waals surface area contributed by atoms with Gasteiger partial charge >= 0.3 is 0 Å². The smallest absolute Gasteiger partial charge is 0.253 e. The van der Waals surface area contributed by atoms with Gasteiger partial charge in [-0.05, 0) is 25.5 Å². The molecule has 0 spiro atoms. The molecule has 27 heavy (non-hydrogen) atoms. The molecule has 2 amide bonds. The van der Waals surface area contributed by atoms with Gasteiger partial charge in [-0.2, -0.15) is 0 Å². The van der Waals surface area contributed by atoms with Crippen LogP contribution in [0.15, 0.2) is 30.7 Å². The largest absolute Gasteiger partial charge is 0.384 e. The van der Waals surface area contributed by atoms with Crippen LogP contribution in [0.25, 0.3) is 0 Å². The lowest BCUT2D eigenvalue weighted by Crippen LogP contribution is -2.43. The highest BCUT2D eigenvalue weighted by Gasteiger charge is 2.37. The van der Waals surface area contributed by atoms with Crippen molar-refractivity contribution in [2.24, 2.45) is 7.05 Å². The monoisotopic (exact) mass is 371 g/mol. The predicted octanol–water partition coefficient (Wildman–Crippen LogP) is -0.0937. The number of imidazole rings is 1. The zero-order chi connectivity index (χ0) is 19.4. The molecule has 0 bridgehead atoms. The van der Waals surface area contributed by atoms with E-state index in [0.29, 0.717) is 37.4 Å². The molecule has 3 heterocycles. The summed E-state index contributed by atoms with van der Waals surface area (Å²) in [6.07, 6.45) is 5.61. The maximum Gasteiger partial charge on any atom is 0.253 e. The van der Waals surface area contributed by atoms with Gasteiger partial charge in [0.25, 0.3) is 5.91 Å². The number of hydrogen-bond donors (Lipinski definition) is 3. The molecule has 3 rings (SSSR count). The minimum absolute atomic E-state index is 0.0300. The number of nitrogens with zero attached hydrogens (tertiary/aromatic N) is 4. The molecule has 1 saturated heterocycles. The first-order valence-corrected chi connectivity index (χ1v) is 8.98. The molecule has 0 aliphatic carbocycles. The van der Waals surface area contributed by atoms with E-state index in [9.17, 15) is 9.59 Å². The molecule has 2 atom stereocenters. The SMILES string of the molecule is CCNC(=O)[C@@H]1C[C@H](NC(=O)c2ccc(N)nc2)CN1Cc1nccn1C. The molecule has 0 unspecified atom stereocenters. The fourth-order valence-electron chi connectivity index (χ4n) is 3.29. The van der Waals surface area contributed by atoms with Crippen LogP contribution in [0, 0.1) is 0 Å². The second-order valence-electron chi connectivity index (χ2n) is 6.67. The first-order valence-electron chi connectivity index (χ1n) is 8.98. The number of carbonyl (C=O) groups is 2. The van der Waals surface area contributed by atoms with Crippen LogP contribution in [0.1, 0.15) is 29.5 Å². The zero-order valence-electron chi connectivity index (χ0n) is 15.6. The number of likely N-dealkylation sites (tertiary alicyclic amines) is 1. The Labute approximate surface area is 158 Å². The van der Waals surface area contributed by atoms with E-state index in [1.165, 1.54) is 6.20 Å². The Hall–Kier alpha value is -2.94. The van der Waals surface area contributed by atoms with Gasteiger partial charge in [-0.15, -0.1) is 0 Å². The number of anilines is 1. The maximum absolute atomic E-state index is 12.5. The molecule has 9 nitrogen and oxygen atoms in total. The lowest BCUT2D eigenvalue weighted by Gasteiger charge is -2.22. The molecule has 4 N–H and O–H groups in total. The molecule has 1 fully saturated rings. The van der Waals surface area contributed by atoms with Crippen molar-refractivity contribution in [3.05, 3.63) is 42.1 Å². The van der Waals surface area contributed by atoms with E-state index in [1.807, 2.05) is 24.7 Å². The number of nitrogen functional groups attached to an aromatic ring is 1. The number of nitrogens with one attached hydrogen (secondary N) is 2. The molecular formula is C18H25N7O2. The number of nitrogens with two attached hydrogens (primary N) is 1. The van der Waals surface area contributed by atoms with Crippen LogP contribution < -0.4 is 16.4 Å². The van der Waals surface area contributed by atoms with E-state index in [-0.39, 0.29) is 23.9 Å². The van der Waals surface area contributed by atoms with Gasteiger partial charge in [0.2, 0.25) is 5.91 Å². The number of amides is 2. The van der Waals surface area contributed by atoms with E-state index in [2.05, 4.69) is 25.5 Å².